The topological polar surface area (TPSA) is 50.4 Å². The predicted octanol–water partition coefficient (Wildman–Crippen LogP) is 2.99. The SMILES string of the molecule is O=C(NCc1ccc(Oc2ccc(F)cc2)cc1)[C@@H]1CCCN1. The van der Waals surface area contributed by atoms with Crippen LogP contribution in [0.25, 0.3) is 0 Å². The van der Waals surface area contributed by atoms with Gasteiger partial charge < -0.3 is 15.4 Å². The van der Waals surface area contributed by atoms with Crippen LogP contribution >= 0.6 is 0 Å². The molecule has 0 radical (unpaired) electrons. The third-order valence-electron chi connectivity index (χ3n) is 3.82. The second kappa shape index (κ2) is 7.24. The van der Waals surface area contributed by atoms with E-state index in [1.165, 1.54) is 12.1 Å². The highest BCUT2D eigenvalue weighted by atomic mass is 19.1. The molecule has 1 aliphatic heterocycles. The molecule has 0 bridgehead atoms. The summed E-state index contributed by atoms with van der Waals surface area (Å²) in [7, 11) is 0. The van der Waals surface area contributed by atoms with Crippen molar-refractivity contribution >= 4 is 5.91 Å². The lowest BCUT2D eigenvalue weighted by atomic mass is 10.2. The normalized spacial score (nSPS) is 17.0. The Balaban J connectivity index is 1.52. The summed E-state index contributed by atoms with van der Waals surface area (Å²) in [5.74, 6) is 1.01. The Morgan fingerprint density at radius 3 is 2.39 bits per heavy atom. The van der Waals surface area contributed by atoms with E-state index in [2.05, 4.69) is 10.6 Å². The van der Waals surface area contributed by atoms with E-state index in [4.69, 9.17) is 4.74 Å². The first-order valence-electron chi connectivity index (χ1n) is 7.74. The Morgan fingerprint density at radius 1 is 1.13 bits per heavy atom. The first kappa shape index (κ1) is 15.5. The Morgan fingerprint density at radius 2 is 1.78 bits per heavy atom. The van der Waals surface area contributed by atoms with Gasteiger partial charge in [0.15, 0.2) is 0 Å². The zero-order valence-electron chi connectivity index (χ0n) is 12.7. The van der Waals surface area contributed by atoms with Crippen molar-refractivity contribution in [2.75, 3.05) is 6.54 Å². The van der Waals surface area contributed by atoms with E-state index in [0.29, 0.717) is 18.0 Å². The van der Waals surface area contributed by atoms with Crippen LogP contribution in [-0.4, -0.2) is 18.5 Å². The van der Waals surface area contributed by atoms with Gasteiger partial charge in [0.1, 0.15) is 17.3 Å². The quantitative estimate of drug-likeness (QED) is 0.892. The van der Waals surface area contributed by atoms with Crippen LogP contribution < -0.4 is 15.4 Å². The third-order valence-corrected chi connectivity index (χ3v) is 3.82. The molecule has 1 atom stereocenters. The minimum Gasteiger partial charge on any atom is -0.457 e. The van der Waals surface area contributed by atoms with E-state index in [9.17, 15) is 9.18 Å². The minimum atomic E-state index is -0.291. The van der Waals surface area contributed by atoms with Gasteiger partial charge in [-0.25, -0.2) is 4.39 Å². The number of hydrogen-bond donors (Lipinski definition) is 2. The molecule has 2 aromatic carbocycles. The van der Waals surface area contributed by atoms with Crippen molar-refractivity contribution in [3.8, 4) is 11.5 Å². The molecule has 3 rings (SSSR count). The van der Waals surface area contributed by atoms with Gasteiger partial charge in [-0.15, -0.1) is 0 Å². The van der Waals surface area contributed by atoms with Crippen molar-refractivity contribution in [2.24, 2.45) is 0 Å². The predicted molar refractivity (Wildman–Crippen MR) is 85.8 cm³/mol. The largest absolute Gasteiger partial charge is 0.457 e. The van der Waals surface area contributed by atoms with Gasteiger partial charge in [-0.1, -0.05) is 12.1 Å². The van der Waals surface area contributed by atoms with Crippen molar-refractivity contribution < 1.29 is 13.9 Å². The highest BCUT2D eigenvalue weighted by Gasteiger charge is 2.21. The van der Waals surface area contributed by atoms with Crippen LogP contribution in [0.5, 0.6) is 11.5 Å². The summed E-state index contributed by atoms with van der Waals surface area (Å²) in [6.45, 7) is 1.40. The highest BCUT2D eigenvalue weighted by Crippen LogP contribution is 2.21. The Labute approximate surface area is 134 Å². The average molecular weight is 314 g/mol. The maximum absolute atomic E-state index is 12.8. The Hall–Kier alpha value is -2.40. The first-order chi connectivity index (χ1) is 11.2. The molecule has 1 fully saturated rings. The Bertz CT molecular complexity index is 650. The number of ether oxygens (including phenoxy) is 1. The van der Waals surface area contributed by atoms with Gasteiger partial charge in [-0.2, -0.15) is 0 Å². The molecule has 0 unspecified atom stereocenters. The van der Waals surface area contributed by atoms with Crippen molar-refractivity contribution in [3.63, 3.8) is 0 Å². The van der Waals surface area contributed by atoms with E-state index in [1.807, 2.05) is 24.3 Å². The molecular weight excluding hydrogens is 295 g/mol. The molecule has 4 nitrogen and oxygen atoms in total. The van der Waals surface area contributed by atoms with Crippen LogP contribution in [-0.2, 0) is 11.3 Å². The molecule has 120 valence electrons. The molecule has 1 heterocycles. The lowest BCUT2D eigenvalue weighted by molar-refractivity contribution is -0.122. The highest BCUT2D eigenvalue weighted by molar-refractivity contribution is 5.81. The number of amides is 1. The van der Waals surface area contributed by atoms with Crippen molar-refractivity contribution in [2.45, 2.75) is 25.4 Å². The number of hydrogen-bond acceptors (Lipinski definition) is 3. The smallest absolute Gasteiger partial charge is 0.237 e. The van der Waals surface area contributed by atoms with Crippen LogP contribution in [0, 0.1) is 5.82 Å². The van der Waals surface area contributed by atoms with Gasteiger partial charge in [0.2, 0.25) is 5.91 Å². The maximum atomic E-state index is 12.8. The van der Waals surface area contributed by atoms with E-state index in [1.54, 1.807) is 12.1 Å². The number of carbonyl (C=O) groups is 1. The first-order valence-corrected chi connectivity index (χ1v) is 7.74. The molecule has 2 aromatic rings. The molecule has 1 saturated heterocycles. The summed E-state index contributed by atoms with van der Waals surface area (Å²) in [5, 5.41) is 6.11. The van der Waals surface area contributed by atoms with E-state index >= 15 is 0 Å². The van der Waals surface area contributed by atoms with E-state index < -0.39 is 0 Å². The van der Waals surface area contributed by atoms with Crippen molar-refractivity contribution in [3.05, 3.63) is 59.9 Å². The summed E-state index contributed by atoms with van der Waals surface area (Å²) in [4.78, 5) is 11.9. The Kier molecular flexibility index (Phi) is 4.88. The average Bonchev–Trinajstić information content (AvgIpc) is 3.11. The van der Waals surface area contributed by atoms with E-state index in [0.717, 1.165) is 24.9 Å². The molecule has 0 aromatic heterocycles. The molecule has 5 heteroatoms. The minimum absolute atomic E-state index is 0.0501. The zero-order valence-corrected chi connectivity index (χ0v) is 12.7. The number of nitrogens with one attached hydrogen (secondary N) is 2. The monoisotopic (exact) mass is 314 g/mol. The lowest BCUT2D eigenvalue weighted by Gasteiger charge is -2.11. The van der Waals surface area contributed by atoms with Crippen LogP contribution in [0.1, 0.15) is 18.4 Å². The molecular formula is C18H19FN2O2. The fraction of sp³-hybridized carbons (Fsp3) is 0.278. The number of rotatable bonds is 5. The van der Waals surface area contributed by atoms with Crippen LogP contribution in [0.3, 0.4) is 0 Å². The van der Waals surface area contributed by atoms with Crippen molar-refractivity contribution in [1.82, 2.24) is 10.6 Å². The number of halogens is 1. The molecule has 23 heavy (non-hydrogen) atoms. The fourth-order valence-electron chi connectivity index (χ4n) is 2.53. The van der Waals surface area contributed by atoms with Gasteiger partial charge in [-0.05, 0) is 61.3 Å². The van der Waals surface area contributed by atoms with Crippen molar-refractivity contribution in [1.29, 1.82) is 0 Å². The summed E-state index contributed by atoms with van der Waals surface area (Å²) in [5.41, 5.74) is 1.00. The van der Waals surface area contributed by atoms with Gasteiger partial charge in [0.05, 0.1) is 6.04 Å². The van der Waals surface area contributed by atoms with E-state index in [-0.39, 0.29) is 17.8 Å². The standard InChI is InChI=1S/C18H19FN2O2/c19-14-5-9-16(10-6-14)23-15-7-3-13(4-8-15)12-21-18(22)17-2-1-11-20-17/h3-10,17,20H,1-2,11-12H2,(H,21,22)/t17-/m0/s1. The summed E-state index contributed by atoms with van der Waals surface area (Å²) in [6.07, 6.45) is 1.95. The van der Waals surface area contributed by atoms with Gasteiger partial charge in [0.25, 0.3) is 0 Å². The molecule has 1 amide bonds. The summed E-state index contributed by atoms with van der Waals surface area (Å²) < 4.78 is 18.5. The molecule has 0 aliphatic carbocycles. The summed E-state index contributed by atoms with van der Waals surface area (Å²) in [6, 6.07) is 13.3. The van der Waals surface area contributed by atoms with Gasteiger partial charge in [0, 0.05) is 6.54 Å². The number of carbonyl (C=O) groups excluding carboxylic acids is 1. The summed E-state index contributed by atoms with van der Waals surface area (Å²) >= 11 is 0. The fourth-order valence-corrected chi connectivity index (χ4v) is 2.53. The molecule has 0 saturated carbocycles. The van der Waals surface area contributed by atoms with Gasteiger partial charge >= 0.3 is 0 Å². The van der Waals surface area contributed by atoms with Crippen LogP contribution in [0.15, 0.2) is 48.5 Å². The molecule has 2 N–H and O–H groups in total. The third kappa shape index (κ3) is 4.29. The molecule has 1 aliphatic rings. The van der Waals surface area contributed by atoms with Crippen LogP contribution in [0.4, 0.5) is 4.39 Å². The second-order valence-corrected chi connectivity index (χ2v) is 5.57. The van der Waals surface area contributed by atoms with Gasteiger partial charge in [-0.3, -0.25) is 4.79 Å². The molecule has 0 spiro atoms. The van der Waals surface area contributed by atoms with Crippen LogP contribution in [0.2, 0.25) is 0 Å². The number of benzene rings is 2. The maximum Gasteiger partial charge on any atom is 0.237 e. The lowest BCUT2D eigenvalue weighted by Crippen LogP contribution is -2.39. The zero-order chi connectivity index (χ0) is 16.1. The second-order valence-electron chi connectivity index (χ2n) is 5.57.